The van der Waals surface area contributed by atoms with Crippen molar-refractivity contribution in [1.82, 2.24) is 20.9 Å². The highest BCUT2D eigenvalue weighted by atomic mass is 127. The first-order valence-corrected chi connectivity index (χ1v) is 11.7. The average molecular weight is 533 g/mol. The van der Waals surface area contributed by atoms with Crippen molar-refractivity contribution in [2.24, 2.45) is 10.9 Å². The topological polar surface area (TPSA) is 85.8 Å². The summed E-state index contributed by atoms with van der Waals surface area (Å²) < 4.78 is 0. The van der Waals surface area contributed by atoms with Gasteiger partial charge in [-0.2, -0.15) is 0 Å². The van der Waals surface area contributed by atoms with Gasteiger partial charge in [0.1, 0.15) is 0 Å². The van der Waals surface area contributed by atoms with Crippen LogP contribution in [0.25, 0.3) is 0 Å². The third-order valence-corrected chi connectivity index (χ3v) is 6.63. The fourth-order valence-electron chi connectivity index (χ4n) is 4.92. The van der Waals surface area contributed by atoms with Crippen molar-refractivity contribution in [1.29, 1.82) is 0 Å². The molecule has 8 heteroatoms. The minimum absolute atomic E-state index is 0. The number of halogens is 1. The van der Waals surface area contributed by atoms with Gasteiger partial charge in [0.2, 0.25) is 11.8 Å². The molecule has 1 unspecified atom stereocenters. The summed E-state index contributed by atoms with van der Waals surface area (Å²) in [5.74, 6) is 1.41. The number of hydrogen-bond acceptors (Lipinski definition) is 3. The van der Waals surface area contributed by atoms with Crippen LogP contribution in [0.4, 0.5) is 0 Å². The summed E-state index contributed by atoms with van der Waals surface area (Å²) in [5, 5.41) is 9.82. The number of likely N-dealkylation sites (tertiary alicyclic amines) is 1. The van der Waals surface area contributed by atoms with E-state index < -0.39 is 0 Å². The Kier molecular flexibility index (Phi) is 11.2. The van der Waals surface area contributed by atoms with Gasteiger partial charge in [0.15, 0.2) is 5.96 Å². The smallest absolute Gasteiger partial charge is 0.225 e. The fourth-order valence-corrected chi connectivity index (χ4v) is 4.92. The molecule has 0 aromatic heterocycles. The number of carbonyl (C=O) groups is 2. The Hall–Kier alpha value is -1.06. The molecule has 30 heavy (non-hydrogen) atoms. The number of amides is 2. The molecule has 0 aromatic rings. The lowest BCUT2D eigenvalue weighted by Gasteiger charge is -2.26. The lowest BCUT2D eigenvalue weighted by atomic mass is 9.88. The first-order valence-electron chi connectivity index (χ1n) is 11.7. The van der Waals surface area contributed by atoms with Crippen LogP contribution < -0.4 is 16.0 Å². The van der Waals surface area contributed by atoms with Crippen LogP contribution in [0.2, 0.25) is 0 Å². The second kappa shape index (κ2) is 13.4. The quantitative estimate of drug-likeness (QED) is 0.279. The first-order chi connectivity index (χ1) is 14.2. The van der Waals surface area contributed by atoms with Crippen LogP contribution in [0, 0.1) is 5.92 Å². The third kappa shape index (κ3) is 7.89. The van der Waals surface area contributed by atoms with Gasteiger partial charge >= 0.3 is 0 Å². The van der Waals surface area contributed by atoms with Crippen LogP contribution in [0.3, 0.4) is 0 Å². The predicted molar refractivity (Wildman–Crippen MR) is 131 cm³/mol. The highest BCUT2D eigenvalue weighted by molar-refractivity contribution is 14.0. The van der Waals surface area contributed by atoms with Crippen molar-refractivity contribution in [3.05, 3.63) is 0 Å². The van der Waals surface area contributed by atoms with Gasteiger partial charge in [-0.1, -0.05) is 38.5 Å². The van der Waals surface area contributed by atoms with Crippen molar-refractivity contribution in [2.45, 2.75) is 89.1 Å². The maximum atomic E-state index is 12.7. The lowest BCUT2D eigenvalue weighted by molar-refractivity contribution is -0.135. The molecule has 3 aliphatic rings. The number of aliphatic imine (C=N–C) groups is 1. The van der Waals surface area contributed by atoms with Crippen LogP contribution in [0.15, 0.2) is 4.99 Å². The van der Waals surface area contributed by atoms with Crippen molar-refractivity contribution in [3.63, 3.8) is 0 Å². The molecule has 2 amide bonds. The molecule has 2 saturated carbocycles. The van der Waals surface area contributed by atoms with Gasteiger partial charge in [-0.15, -0.1) is 24.0 Å². The zero-order chi connectivity index (χ0) is 20.5. The van der Waals surface area contributed by atoms with Gasteiger partial charge in [-0.05, 0) is 32.1 Å². The largest absolute Gasteiger partial charge is 0.356 e. The Bertz CT molecular complexity index is 574. The number of carbonyl (C=O) groups excluding carboxylic acids is 2. The van der Waals surface area contributed by atoms with Gasteiger partial charge in [0, 0.05) is 51.1 Å². The second-order valence-corrected chi connectivity index (χ2v) is 8.90. The fraction of sp³-hybridized carbons (Fsp3) is 0.864. The van der Waals surface area contributed by atoms with E-state index in [2.05, 4.69) is 20.9 Å². The molecule has 1 aliphatic heterocycles. The summed E-state index contributed by atoms with van der Waals surface area (Å²) in [4.78, 5) is 31.2. The Morgan fingerprint density at radius 2 is 1.57 bits per heavy atom. The SMILES string of the molecule is CN=C(NCCC(=O)NC1CCCCC1)NC1CCN(C(=O)C2CCCCC2)C1.I. The molecule has 1 saturated heterocycles. The summed E-state index contributed by atoms with van der Waals surface area (Å²) in [7, 11) is 1.75. The maximum absolute atomic E-state index is 12.7. The van der Waals surface area contributed by atoms with Gasteiger partial charge in [0.05, 0.1) is 0 Å². The molecule has 3 fully saturated rings. The molecular weight excluding hydrogens is 493 g/mol. The van der Waals surface area contributed by atoms with Crippen molar-refractivity contribution in [3.8, 4) is 0 Å². The molecule has 0 bridgehead atoms. The van der Waals surface area contributed by atoms with Gasteiger partial charge in [0.25, 0.3) is 0 Å². The van der Waals surface area contributed by atoms with E-state index in [1.807, 2.05) is 4.90 Å². The number of hydrogen-bond donors (Lipinski definition) is 3. The minimum Gasteiger partial charge on any atom is -0.356 e. The van der Waals surface area contributed by atoms with Crippen molar-refractivity contribution < 1.29 is 9.59 Å². The third-order valence-electron chi connectivity index (χ3n) is 6.63. The van der Waals surface area contributed by atoms with E-state index in [9.17, 15) is 9.59 Å². The molecule has 1 heterocycles. The van der Waals surface area contributed by atoms with E-state index in [0.29, 0.717) is 30.9 Å². The van der Waals surface area contributed by atoms with Crippen LogP contribution in [0.5, 0.6) is 0 Å². The molecule has 0 spiro atoms. The Morgan fingerprint density at radius 3 is 2.23 bits per heavy atom. The molecule has 2 aliphatic carbocycles. The van der Waals surface area contributed by atoms with E-state index in [1.165, 1.54) is 38.5 Å². The normalized spacial score (nSPS) is 23.6. The van der Waals surface area contributed by atoms with Crippen LogP contribution in [-0.4, -0.2) is 61.4 Å². The summed E-state index contributed by atoms with van der Waals surface area (Å²) in [6.07, 6.45) is 13.1. The van der Waals surface area contributed by atoms with Crippen LogP contribution in [-0.2, 0) is 9.59 Å². The van der Waals surface area contributed by atoms with Crippen molar-refractivity contribution >= 4 is 41.8 Å². The molecule has 3 N–H and O–H groups in total. The maximum Gasteiger partial charge on any atom is 0.225 e. The lowest BCUT2D eigenvalue weighted by Crippen LogP contribution is -2.46. The molecule has 7 nitrogen and oxygen atoms in total. The van der Waals surface area contributed by atoms with E-state index in [1.54, 1.807) is 7.05 Å². The Labute approximate surface area is 198 Å². The zero-order valence-corrected chi connectivity index (χ0v) is 20.8. The molecule has 3 rings (SSSR count). The molecule has 1 atom stereocenters. The first kappa shape index (κ1) is 25.2. The van der Waals surface area contributed by atoms with Crippen LogP contribution >= 0.6 is 24.0 Å². The molecular formula is C22H40IN5O2. The standard InChI is InChI=1S/C22H39N5O2.HI/c1-23-22(24-14-12-20(28)25-18-10-6-3-7-11-18)26-19-13-15-27(16-19)21(29)17-8-4-2-5-9-17;/h17-19H,2-16H2,1H3,(H,25,28)(H2,23,24,26);1H. The summed E-state index contributed by atoms with van der Waals surface area (Å²) >= 11 is 0. The second-order valence-electron chi connectivity index (χ2n) is 8.90. The number of nitrogens with zero attached hydrogens (tertiary/aromatic N) is 2. The van der Waals surface area contributed by atoms with E-state index >= 15 is 0 Å². The van der Waals surface area contributed by atoms with E-state index in [4.69, 9.17) is 0 Å². The van der Waals surface area contributed by atoms with Crippen molar-refractivity contribution in [2.75, 3.05) is 26.7 Å². The van der Waals surface area contributed by atoms with Gasteiger partial charge in [-0.3, -0.25) is 14.6 Å². The monoisotopic (exact) mass is 533 g/mol. The predicted octanol–water partition coefficient (Wildman–Crippen LogP) is 2.79. The van der Waals surface area contributed by atoms with E-state index in [-0.39, 0.29) is 41.8 Å². The highest BCUT2D eigenvalue weighted by Gasteiger charge is 2.31. The summed E-state index contributed by atoms with van der Waals surface area (Å²) in [6.45, 7) is 2.14. The zero-order valence-electron chi connectivity index (χ0n) is 18.5. The van der Waals surface area contributed by atoms with Gasteiger partial charge in [-0.25, -0.2) is 0 Å². The Balaban J connectivity index is 0.00000320. The molecule has 0 radical (unpaired) electrons. The highest BCUT2D eigenvalue weighted by Crippen LogP contribution is 2.26. The van der Waals surface area contributed by atoms with Gasteiger partial charge < -0.3 is 20.9 Å². The average Bonchev–Trinajstić information content (AvgIpc) is 3.22. The van der Waals surface area contributed by atoms with Crippen LogP contribution in [0.1, 0.15) is 77.0 Å². The molecule has 0 aromatic carbocycles. The van der Waals surface area contributed by atoms with E-state index in [0.717, 1.165) is 45.2 Å². The number of guanidine groups is 1. The number of nitrogens with one attached hydrogen (secondary N) is 3. The minimum atomic E-state index is 0. The summed E-state index contributed by atoms with van der Waals surface area (Å²) in [5.41, 5.74) is 0. The molecule has 172 valence electrons. The Morgan fingerprint density at radius 1 is 0.900 bits per heavy atom. The summed E-state index contributed by atoms with van der Waals surface area (Å²) in [6, 6.07) is 0.588. The number of rotatable bonds is 6.